The second-order valence-corrected chi connectivity index (χ2v) is 7.94. The monoisotopic (exact) mass is 431 g/mol. The van der Waals surface area contributed by atoms with Crippen molar-refractivity contribution >= 4 is 45.5 Å². The lowest BCUT2D eigenvalue weighted by atomic mass is 10.2. The summed E-state index contributed by atoms with van der Waals surface area (Å²) < 4.78 is 4.94. The molecule has 0 aliphatic carbocycles. The van der Waals surface area contributed by atoms with Crippen LogP contribution in [0.25, 0.3) is 0 Å². The number of hydrogen-bond donors (Lipinski definition) is 5. The van der Waals surface area contributed by atoms with Crippen LogP contribution >= 0.6 is 21.6 Å². The molecule has 154 valence electrons. The van der Waals surface area contributed by atoms with Crippen LogP contribution in [-0.2, 0) is 25.7 Å². The number of carboxylic acid groups (broad SMARTS) is 2. The molecule has 6 N–H and O–H groups in total. The Morgan fingerprint density at radius 2 is 1.68 bits per heavy atom. The van der Waals surface area contributed by atoms with Gasteiger partial charge in [0.05, 0.1) is 0 Å². The zero-order valence-corrected chi connectivity index (χ0v) is 16.3. The number of carbonyl (C=O) groups is 4. The Bertz CT molecular complexity index is 675. The molecule has 0 aliphatic rings. The topological polar surface area (TPSA) is 168 Å². The molecule has 0 heterocycles. The van der Waals surface area contributed by atoms with Crippen molar-refractivity contribution < 1.29 is 34.1 Å². The van der Waals surface area contributed by atoms with Crippen LogP contribution < -0.4 is 16.4 Å². The Hall–Kier alpha value is -2.44. The van der Waals surface area contributed by atoms with E-state index in [9.17, 15) is 19.2 Å². The van der Waals surface area contributed by atoms with Crippen molar-refractivity contribution in [1.82, 2.24) is 10.6 Å². The van der Waals surface area contributed by atoms with E-state index in [4.69, 9.17) is 20.7 Å². The van der Waals surface area contributed by atoms with Gasteiger partial charge in [-0.25, -0.2) is 9.59 Å². The Balaban J connectivity index is 2.28. The first-order valence-electron chi connectivity index (χ1n) is 7.99. The minimum absolute atomic E-state index is 0.00344. The van der Waals surface area contributed by atoms with Gasteiger partial charge in [0, 0.05) is 11.5 Å². The molecule has 12 heteroatoms. The molecule has 0 fully saturated rings. The number of benzene rings is 1. The van der Waals surface area contributed by atoms with Gasteiger partial charge >= 0.3 is 18.0 Å². The van der Waals surface area contributed by atoms with Crippen LogP contribution in [0.3, 0.4) is 0 Å². The van der Waals surface area contributed by atoms with E-state index in [1.165, 1.54) is 0 Å². The number of rotatable bonds is 12. The number of alkyl carbamates (subject to hydrolysis) is 1. The molecule has 0 aliphatic heterocycles. The van der Waals surface area contributed by atoms with Crippen molar-refractivity contribution in [3.63, 3.8) is 0 Å². The van der Waals surface area contributed by atoms with Crippen molar-refractivity contribution in [3.05, 3.63) is 35.9 Å². The molecule has 0 saturated heterocycles. The summed E-state index contributed by atoms with van der Waals surface area (Å²) in [5, 5.41) is 22.3. The SMILES string of the molecule is NC(CSSCC(NC(=O)CNC(=O)OCc1ccccc1)C(=O)O)C(=O)O. The molecule has 0 aromatic heterocycles. The fourth-order valence-electron chi connectivity index (χ4n) is 1.66. The maximum atomic E-state index is 11.8. The molecule has 2 atom stereocenters. The quantitative estimate of drug-likeness (QED) is 0.229. The number of nitrogens with one attached hydrogen (secondary N) is 2. The Kier molecular flexibility index (Phi) is 10.8. The van der Waals surface area contributed by atoms with Crippen LogP contribution in [-0.4, -0.2) is 64.3 Å². The fourth-order valence-corrected chi connectivity index (χ4v) is 3.92. The summed E-state index contributed by atoms with van der Waals surface area (Å²) in [7, 11) is 2.16. The normalized spacial score (nSPS) is 12.5. The highest BCUT2D eigenvalue weighted by molar-refractivity contribution is 8.76. The molecular formula is C16H21N3O7S2. The van der Waals surface area contributed by atoms with Crippen LogP contribution in [0.5, 0.6) is 0 Å². The van der Waals surface area contributed by atoms with E-state index in [0.717, 1.165) is 27.2 Å². The fraction of sp³-hybridized carbons (Fsp3) is 0.375. The standard InChI is InChI=1S/C16H21N3O7S2/c17-11(14(21)22)8-27-28-9-12(15(23)24)19-13(20)6-18-16(25)26-7-10-4-2-1-3-5-10/h1-5,11-12H,6-9,17H2,(H,18,25)(H,19,20)(H,21,22)(H,23,24). The lowest BCUT2D eigenvalue weighted by Crippen LogP contribution is -2.46. The number of hydrogen-bond acceptors (Lipinski definition) is 8. The smallest absolute Gasteiger partial charge is 0.407 e. The second kappa shape index (κ2) is 12.9. The largest absolute Gasteiger partial charge is 0.480 e. The van der Waals surface area contributed by atoms with Crippen LogP contribution in [0.15, 0.2) is 30.3 Å². The average molecular weight is 431 g/mol. The van der Waals surface area contributed by atoms with Crippen LogP contribution in [0.4, 0.5) is 4.79 Å². The van der Waals surface area contributed by atoms with E-state index in [-0.39, 0.29) is 18.1 Å². The summed E-state index contributed by atoms with van der Waals surface area (Å²) in [6.07, 6.45) is -0.807. The zero-order chi connectivity index (χ0) is 20.9. The molecule has 0 bridgehead atoms. The number of carboxylic acids is 2. The van der Waals surface area contributed by atoms with Crippen molar-refractivity contribution in [2.45, 2.75) is 18.7 Å². The summed E-state index contributed by atoms with van der Waals surface area (Å²) in [6, 6.07) is 6.70. The Labute approximate surface area is 169 Å². The van der Waals surface area contributed by atoms with E-state index >= 15 is 0 Å². The maximum Gasteiger partial charge on any atom is 0.407 e. The van der Waals surface area contributed by atoms with Gasteiger partial charge in [-0.05, 0) is 5.56 Å². The molecule has 0 radical (unpaired) electrons. The minimum atomic E-state index is -1.25. The van der Waals surface area contributed by atoms with Gasteiger partial charge in [-0.15, -0.1) is 0 Å². The van der Waals surface area contributed by atoms with Gasteiger partial charge < -0.3 is 31.3 Å². The number of nitrogens with two attached hydrogens (primary N) is 1. The second-order valence-electron chi connectivity index (χ2n) is 5.39. The summed E-state index contributed by atoms with van der Waals surface area (Å²) in [6.45, 7) is -0.405. The lowest BCUT2D eigenvalue weighted by Gasteiger charge is -2.14. The van der Waals surface area contributed by atoms with Crippen molar-refractivity contribution in [1.29, 1.82) is 0 Å². The molecule has 2 unspecified atom stereocenters. The first kappa shape index (κ1) is 23.6. The minimum Gasteiger partial charge on any atom is -0.480 e. The average Bonchev–Trinajstić information content (AvgIpc) is 2.67. The van der Waals surface area contributed by atoms with E-state index in [0.29, 0.717) is 0 Å². The number of amides is 2. The predicted octanol–water partition coefficient (Wildman–Crippen LogP) is 0.276. The molecule has 1 aromatic rings. The molecule has 0 spiro atoms. The van der Waals surface area contributed by atoms with E-state index in [2.05, 4.69) is 10.6 Å². The molecule has 0 saturated carbocycles. The molecule has 1 rings (SSSR count). The molecule has 2 amide bonds. The van der Waals surface area contributed by atoms with Crippen LogP contribution in [0.2, 0.25) is 0 Å². The molecule has 10 nitrogen and oxygen atoms in total. The van der Waals surface area contributed by atoms with Crippen LogP contribution in [0.1, 0.15) is 5.56 Å². The van der Waals surface area contributed by atoms with Crippen LogP contribution in [0, 0.1) is 0 Å². The van der Waals surface area contributed by atoms with E-state index in [1.54, 1.807) is 24.3 Å². The van der Waals surface area contributed by atoms with Gasteiger partial charge in [0.15, 0.2) is 0 Å². The Morgan fingerprint density at radius 3 is 2.29 bits per heavy atom. The summed E-state index contributed by atoms with van der Waals surface area (Å²) in [5.74, 6) is -3.01. The number of carbonyl (C=O) groups excluding carboxylic acids is 2. The Morgan fingerprint density at radius 1 is 1.04 bits per heavy atom. The summed E-state index contributed by atoms with van der Waals surface area (Å²) in [5.41, 5.74) is 6.11. The number of aliphatic carboxylic acids is 2. The number of ether oxygens (including phenoxy) is 1. The third-order valence-corrected chi connectivity index (χ3v) is 5.57. The molecule has 1 aromatic carbocycles. The van der Waals surface area contributed by atoms with Gasteiger partial charge in [0.25, 0.3) is 0 Å². The van der Waals surface area contributed by atoms with Crippen molar-refractivity contribution in [2.75, 3.05) is 18.1 Å². The lowest BCUT2D eigenvalue weighted by molar-refractivity contribution is -0.141. The maximum absolute atomic E-state index is 11.8. The summed E-state index contributed by atoms with van der Waals surface area (Å²) in [4.78, 5) is 45.2. The first-order chi connectivity index (χ1) is 13.3. The van der Waals surface area contributed by atoms with Gasteiger partial charge in [0.1, 0.15) is 25.2 Å². The van der Waals surface area contributed by atoms with Gasteiger partial charge in [-0.1, -0.05) is 51.9 Å². The van der Waals surface area contributed by atoms with Gasteiger partial charge in [-0.3, -0.25) is 9.59 Å². The zero-order valence-electron chi connectivity index (χ0n) is 14.7. The van der Waals surface area contributed by atoms with Gasteiger partial charge in [-0.2, -0.15) is 0 Å². The third-order valence-electron chi connectivity index (χ3n) is 3.12. The van der Waals surface area contributed by atoms with Crippen molar-refractivity contribution in [3.8, 4) is 0 Å². The van der Waals surface area contributed by atoms with E-state index < -0.39 is 42.6 Å². The first-order valence-corrected chi connectivity index (χ1v) is 10.5. The highest BCUT2D eigenvalue weighted by Gasteiger charge is 2.21. The summed E-state index contributed by atoms with van der Waals surface area (Å²) >= 11 is 0. The van der Waals surface area contributed by atoms with Crippen molar-refractivity contribution in [2.24, 2.45) is 5.73 Å². The molecule has 28 heavy (non-hydrogen) atoms. The highest BCUT2D eigenvalue weighted by atomic mass is 33.1. The predicted molar refractivity (Wildman–Crippen MR) is 105 cm³/mol. The molecular weight excluding hydrogens is 410 g/mol. The van der Waals surface area contributed by atoms with E-state index in [1.807, 2.05) is 6.07 Å². The third kappa shape index (κ3) is 10.0. The van der Waals surface area contributed by atoms with Gasteiger partial charge in [0.2, 0.25) is 5.91 Å². The highest BCUT2D eigenvalue weighted by Crippen LogP contribution is 2.22.